The molecule has 1 amide bonds. The molecular weight excluding hydrogens is 294 g/mol. The summed E-state index contributed by atoms with van der Waals surface area (Å²) in [5.74, 6) is -0.188. The van der Waals surface area contributed by atoms with Gasteiger partial charge in [0.15, 0.2) is 0 Å². The number of fused-ring (bicyclic) bond motifs is 1. The van der Waals surface area contributed by atoms with Gasteiger partial charge in [0.2, 0.25) is 11.8 Å². The highest BCUT2D eigenvalue weighted by molar-refractivity contribution is 6.33. The Hall–Kier alpha value is -2.67. The number of carbonyl (C=O) groups excluding carboxylic acids is 1. The Morgan fingerprint density at radius 1 is 1.38 bits per heavy atom. The maximum absolute atomic E-state index is 12.0. The van der Waals surface area contributed by atoms with Crippen molar-refractivity contribution >= 4 is 29.0 Å². The second-order valence-corrected chi connectivity index (χ2v) is 4.69. The summed E-state index contributed by atoms with van der Waals surface area (Å²) in [5.41, 5.74) is 0.912. The summed E-state index contributed by atoms with van der Waals surface area (Å²) in [6, 6.07) is 8.30. The van der Waals surface area contributed by atoms with Crippen LogP contribution in [0.5, 0.6) is 5.88 Å². The molecule has 0 radical (unpaired) electrons. The summed E-state index contributed by atoms with van der Waals surface area (Å²) >= 11 is 5.97. The summed E-state index contributed by atoms with van der Waals surface area (Å²) < 4.78 is 1.18. The van der Waals surface area contributed by atoms with Gasteiger partial charge in [-0.2, -0.15) is 14.6 Å². The zero-order valence-corrected chi connectivity index (χ0v) is 11.4. The molecule has 8 heteroatoms. The molecule has 0 saturated heterocycles. The third kappa shape index (κ3) is 2.77. The van der Waals surface area contributed by atoms with Crippen molar-refractivity contribution in [1.82, 2.24) is 19.6 Å². The smallest absolute Gasteiger partial charge is 0.255 e. The molecule has 2 aromatic heterocycles. The lowest BCUT2D eigenvalue weighted by atomic mass is 10.2. The highest BCUT2D eigenvalue weighted by atomic mass is 35.5. The first-order valence-corrected chi connectivity index (χ1v) is 6.44. The fraction of sp³-hybridized carbons (Fsp3) is 0.0769. The summed E-state index contributed by atoms with van der Waals surface area (Å²) in [6.45, 7) is 0. The number of amides is 1. The zero-order valence-electron chi connectivity index (χ0n) is 10.7. The first kappa shape index (κ1) is 13.3. The number of anilines is 1. The van der Waals surface area contributed by atoms with Crippen molar-refractivity contribution in [2.45, 2.75) is 6.42 Å². The molecule has 0 atom stereocenters. The Morgan fingerprint density at radius 2 is 2.19 bits per heavy atom. The fourth-order valence-electron chi connectivity index (χ4n) is 1.86. The lowest BCUT2D eigenvalue weighted by molar-refractivity contribution is -0.115. The van der Waals surface area contributed by atoms with Crippen molar-refractivity contribution in [2.75, 3.05) is 5.32 Å². The topological polar surface area (TPSA) is 92.4 Å². The average molecular weight is 304 g/mol. The predicted molar refractivity (Wildman–Crippen MR) is 76.2 cm³/mol. The van der Waals surface area contributed by atoms with Gasteiger partial charge >= 0.3 is 0 Å². The second kappa shape index (κ2) is 5.37. The van der Waals surface area contributed by atoms with E-state index in [4.69, 9.17) is 11.6 Å². The molecule has 0 bridgehead atoms. The van der Waals surface area contributed by atoms with Gasteiger partial charge in [-0.05, 0) is 12.1 Å². The number of benzene rings is 1. The van der Waals surface area contributed by atoms with Gasteiger partial charge in [-0.15, -0.1) is 0 Å². The fourth-order valence-corrected chi connectivity index (χ4v) is 2.04. The first-order chi connectivity index (χ1) is 10.1. The molecule has 0 aliphatic rings. The van der Waals surface area contributed by atoms with Crippen molar-refractivity contribution in [3.8, 4) is 5.88 Å². The van der Waals surface area contributed by atoms with Gasteiger partial charge in [-0.1, -0.05) is 23.7 Å². The van der Waals surface area contributed by atoms with E-state index in [9.17, 15) is 9.90 Å². The molecule has 0 saturated carbocycles. The molecule has 3 aromatic rings. The second-order valence-electron chi connectivity index (χ2n) is 4.28. The standard InChI is InChI=1S/C13H10ClN5O2/c14-9-3-1-2-4-10(9)18-11(20)5-8-6-12(21)19-13(17-8)15-7-16-19/h1-4,6-7,21H,5H2,(H,18,20). The third-order valence-electron chi connectivity index (χ3n) is 2.78. The molecular formula is C13H10ClN5O2. The van der Waals surface area contributed by atoms with Gasteiger partial charge in [0.05, 0.1) is 22.8 Å². The van der Waals surface area contributed by atoms with E-state index < -0.39 is 0 Å². The Morgan fingerprint density at radius 3 is 3.00 bits per heavy atom. The number of para-hydroxylation sites is 1. The van der Waals surface area contributed by atoms with Crippen LogP contribution in [-0.2, 0) is 11.2 Å². The molecule has 0 spiro atoms. The Balaban J connectivity index is 1.78. The van der Waals surface area contributed by atoms with Crippen LogP contribution in [0, 0.1) is 0 Å². The van der Waals surface area contributed by atoms with Crippen LogP contribution < -0.4 is 5.32 Å². The highest BCUT2D eigenvalue weighted by Gasteiger charge is 2.11. The molecule has 2 heterocycles. The minimum Gasteiger partial charge on any atom is -0.493 e. The van der Waals surface area contributed by atoms with Crippen LogP contribution in [-0.4, -0.2) is 30.6 Å². The van der Waals surface area contributed by atoms with Gasteiger partial charge in [0.25, 0.3) is 5.78 Å². The molecule has 1 aromatic carbocycles. The van der Waals surface area contributed by atoms with Crippen molar-refractivity contribution < 1.29 is 9.90 Å². The maximum atomic E-state index is 12.0. The summed E-state index contributed by atoms with van der Waals surface area (Å²) in [7, 11) is 0. The number of halogens is 1. The molecule has 0 unspecified atom stereocenters. The maximum Gasteiger partial charge on any atom is 0.255 e. The average Bonchev–Trinajstić information content (AvgIpc) is 2.90. The number of carbonyl (C=O) groups is 1. The van der Waals surface area contributed by atoms with Crippen LogP contribution in [0.1, 0.15) is 5.69 Å². The number of hydrogen-bond acceptors (Lipinski definition) is 5. The zero-order chi connectivity index (χ0) is 14.8. The Bertz CT molecular complexity index is 817. The van der Waals surface area contributed by atoms with Gasteiger partial charge in [-0.25, -0.2) is 4.98 Å². The van der Waals surface area contributed by atoms with Crippen LogP contribution in [0.4, 0.5) is 5.69 Å². The van der Waals surface area contributed by atoms with Gasteiger partial charge in [0, 0.05) is 6.07 Å². The largest absolute Gasteiger partial charge is 0.493 e. The minimum absolute atomic E-state index is 0.0118. The van der Waals surface area contributed by atoms with Crippen molar-refractivity contribution in [2.24, 2.45) is 0 Å². The number of hydrogen-bond donors (Lipinski definition) is 2. The molecule has 3 rings (SSSR count). The highest BCUT2D eigenvalue weighted by Crippen LogP contribution is 2.20. The first-order valence-electron chi connectivity index (χ1n) is 6.06. The van der Waals surface area contributed by atoms with Crippen molar-refractivity contribution in [1.29, 1.82) is 0 Å². The number of aromatic nitrogens is 4. The van der Waals surface area contributed by atoms with Crippen LogP contribution in [0.25, 0.3) is 5.78 Å². The van der Waals surface area contributed by atoms with E-state index in [-0.39, 0.29) is 24.0 Å². The normalized spacial score (nSPS) is 10.7. The lowest BCUT2D eigenvalue weighted by Gasteiger charge is -2.07. The van der Waals surface area contributed by atoms with Gasteiger partial charge < -0.3 is 10.4 Å². The molecule has 0 aliphatic carbocycles. The predicted octanol–water partition coefficient (Wildman–Crippen LogP) is 1.66. The Labute approximate surface area is 124 Å². The van der Waals surface area contributed by atoms with Crippen LogP contribution >= 0.6 is 11.6 Å². The lowest BCUT2D eigenvalue weighted by Crippen LogP contribution is -2.15. The SMILES string of the molecule is O=C(Cc1cc(O)n2ncnc2n1)Nc1ccccc1Cl. The third-order valence-corrected chi connectivity index (χ3v) is 3.11. The van der Waals surface area contributed by atoms with E-state index in [1.54, 1.807) is 24.3 Å². The number of nitrogens with one attached hydrogen (secondary N) is 1. The van der Waals surface area contributed by atoms with E-state index in [1.807, 2.05) is 0 Å². The van der Waals surface area contributed by atoms with Crippen LogP contribution in [0.2, 0.25) is 5.02 Å². The van der Waals surface area contributed by atoms with Gasteiger partial charge in [-0.3, -0.25) is 4.79 Å². The van der Waals surface area contributed by atoms with E-state index in [1.165, 1.54) is 16.9 Å². The Kier molecular flexibility index (Phi) is 3.41. The molecule has 0 fully saturated rings. The molecule has 2 N–H and O–H groups in total. The van der Waals surface area contributed by atoms with Crippen molar-refractivity contribution in [3.63, 3.8) is 0 Å². The van der Waals surface area contributed by atoms with E-state index in [0.717, 1.165) is 0 Å². The molecule has 0 aliphatic heterocycles. The van der Waals surface area contributed by atoms with E-state index in [2.05, 4.69) is 20.4 Å². The molecule has 7 nitrogen and oxygen atoms in total. The summed E-state index contributed by atoms with van der Waals surface area (Å²) in [6.07, 6.45) is 1.26. The van der Waals surface area contributed by atoms with Crippen molar-refractivity contribution in [3.05, 3.63) is 47.4 Å². The molecule has 106 valence electrons. The van der Waals surface area contributed by atoms with E-state index in [0.29, 0.717) is 16.4 Å². The van der Waals surface area contributed by atoms with E-state index >= 15 is 0 Å². The monoisotopic (exact) mass is 303 g/mol. The molecule has 21 heavy (non-hydrogen) atoms. The minimum atomic E-state index is -0.293. The number of rotatable bonds is 3. The van der Waals surface area contributed by atoms with Crippen LogP contribution in [0.3, 0.4) is 0 Å². The number of nitrogens with zero attached hydrogens (tertiary/aromatic N) is 4. The van der Waals surface area contributed by atoms with Gasteiger partial charge in [0.1, 0.15) is 6.33 Å². The summed E-state index contributed by atoms with van der Waals surface area (Å²) in [4.78, 5) is 20.0. The number of aromatic hydroxyl groups is 1. The quantitative estimate of drug-likeness (QED) is 0.767. The summed E-state index contributed by atoms with van der Waals surface area (Å²) in [5, 5.41) is 16.7. The van der Waals surface area contributed by atoms with Crippen LogP contribution in [0.15, 0.2) is 36.7 Å².